The van der Waals surface area contributed by atoms with E-state index in [0.717, 1.165) is 5.56 Å². The fraction of sp³-hybridized carbons (Fsp3) is 0.208. The van der Waals surface area contributed by atoms with E-state index in [2.05, 4.69) is 21.2 Å². The largest absolute Gasteiger partial charge is 0.482 e. The van der Waals surface area contributed by atoms with Crippen molar-refractivity contribution in [2.45, 2.75) is 19.8 Å². The highest BCUT2D eigenvalue weighted by atomic mass is 79.9. The molecule has 1 atom stereocenters. The second kappa shape index (κ2) is 8.63. The van der Waals surface area contributed by atoms with Gasteiger partial charge in [-0.25, -0.2) is 9.59 Å². The highest BCUT2D eigenvalue weighted by molar-refractivity contribution is 9.10. The molecule has 2 aromatic carbocycles. The SMILES string of the molecule is CCOC(=O)C1=C(C)NC2=C(C(=O)c3ccccc32)C1c1cc(Br)ccc1OCC(=O)O. The van der Waals surface area contributed by atoms with Crippen molar-refractivity contribution in [1.82, 2.24) is 5.32 Å². The van der Waals surface area contributed by atoms with E-state index in [4.69, 9.17) is 14.6 Å². The number of carboxylic acid groups (broad SMARTS) is 1. The monoisotopic (exact) mass is 497 g/mol. The summed E-state index contributed by atoms with van der Waals surface area (Å²) in [5.74, 6) is -2.42. The molecule has 2 N–H and O–H groups in total. The van der Waals surface area contributed by atoms with Crippen molar-refractivity contribution < 1.29 is 29.0 Å². The number of nitrogens with one attached hydrogen (secondary N) is 1. The minimum absolute atomic E-state index is 0.170. The van der Waals surface area contributed by atoms with Crippen LogP contribution in [0.25, 0.3) is 5.70 Å². The van der Waals surface area contributed by atoms with E-state index in [1.165, 1.54) is 0 Å². The number of allylic oxidation sites excluding steroid dienone is 2. The fourth-order valence-corrected chi connectivity index (χ4v) is 4.51. The molecule has 2 aliphatic rings. The Bertz CT molecular complexity index is 1210. The number of hydrogen-bond acceptors (Lipinski definition) is 6. The van der Waals surface area contributed by atoms with Gasteiger partial charge < -0.3 is 19.9 Å². The summed E-state index contributed by atoms with van der Waals surface area (Å²) in [5, 5.41) is 12.3. The number of Topliss-reactive ketones (excluding diaryl/α,β-unsaturated/α-hetero) is 1. The lowest BCUT2D eigenvalue weighted by Gasteiger charge is -2.30. The molecule has 1 heterocycles. The number of ether oxygens (including phenoxy) is 2. The number of rotatable bonds is 6. The predicted molar refractivity (Wildman–Crippen MR) is 120 cm³/mol. The summed E-state index contributed by atoms with van der Waals surface area (Å²) >= 11 is 3.44. The van der Waals surface area contributed by atoms with Crippen LogP contribution in [0.4, 0.5) is 0 Å². The number of carbonyl (C=O) groups excluding carboxylic acids is 2. The lowest BCUT2D eigenvalue weighted by Crippen LogP contribution is -2.29. The highest BCUT2D eigenvalue weighted by Gasteiger charge is 2.44. The number of esters is 1. The first kappa shape index (κ1) is 21.8. The molecule has 0 amide bonds. The van der Waals surface area contributed by atoms with E-state index in [1.54, 1.807) is 44.2 Å². The number of carbonyl (C=O) groups is 3. The van der Waals surface area contributed by atoms with Gasteiger partial charge in [0.1, 0.15) is 5.75 Å². The van der Waals surface area contributed by atoms with Crippen molar-refractivity contribution in [2.75, 3.05) is 13.2 Å². The molecule has 0 fully saturated rings. The average molecular weight is 498 g/mol. The van der Waals surface area contributed by atoms with Gasteiger partial charge in [-0.3, -0.25) is 4.79 Å². The van der Waals surface area contributed by atoms with E-state index in [0.29, 0.717) is 32.6 Å². The Morgan fingerprint density at radius 2 is 1.88 bits per heavy atom. The first-order valence-electron chi connectivity index (χ1n) is 10.0. The van der Waals surface area contributed by atoms with Crippen LogP contribution in [0.3, 0.4) is 0 Å². The number of hydrogen-bond donors (Lipinski definition) is 2. The third kappa shape index (κ3) is 3.71. The molecular formula is C24H20BrNO6. The maximum absolute atomic E-state index is 13.5. The lowest BCUT2D eigenvalue weighted by atomic mass is 9.79. The Hall–Kier alpha value is -3.39. The second-order valence-corrected chi connectivity index (χ2v) is 8.26. The van der Waals surface area contributed by atoms with Crippen molar-refractivity contribution in [2.24, 2.45) is 0 Å². The molecule has 0 saturated carbocycles. The van der Waals surface area contributed by atoms with Crippen molar-refractivity contribution in [1.29, 1.82) is 0 Å². The van der Waals surface area contributed by atoms with E-state index < -0.39 is 24.5 Å². The Balaban J connectivity index is 1.95. The van der Waals surface area contributed by atoms with Crippen molar-refractivity contribution >= 4 is 39.3 Å². The summed E-state index contributed by atoms with van der Waals surface area (Å²) in [6.45, 7) is 3.07. The quantitative estimate of drug-likeness (QED) is 0.580. The standard InChI is InChI=1S/C24H20BrNO6/c1-3-31-24(30)19-12(2)26-22-14-6-4-5-7-15(14)23(29)21(22)20(19)16-10-13(25)8-9-17(16)32-11-18(27)28/h4-10,20,26H,3,11H2,1-2H3,(H,27,28). The summed E-state index contributed by atoms with van der Waals surface area (Å²) in [6, 6.07) is 12.3. The van der Waals surface area contributed by atoms with Gasteiger partial charge in [-0.2, -0.15) is 0 Å². The zero-order valence-corrected chi connectivity index (χ0v) is 19.0. The minimum atomic E-state index is -1.13. The van der Waals surface area contributed by atoms with Crippen LogP contribution < -0.4 is 10.1 Å². The maximum Gasteiger partial charge on any atom is 0.341 e. The van der Waals surface area contributed by atoms with E-state index in [9.17, 15) is 14.4 Å². The van der Waals surface area contributed by atoms with Gasteiger partial charge >= 0.3 is 11.9 Å². The summed E-state index contributed by atoms with van der Waals surface area (Å²) in [4.78, 5) is 37.6. The van der Waals surface area contributed by atoms with Crippen molar-refractivity contribution in [3.05, 3.63) is 80.5 Å². The summed E-state index contributed by atoms with van der Waals surface area (Å²) in [5.41, 5.74) is 3.66. The highest BCUT2D eigenvalue weighted by Crippen LogP contribution is 2.49. The van der Waals surface area contributed by atoms with Crippen molar-refractivity contribution in [3.8, 4) is 5.75 Å². The van der Waals surface area contributed by atoms with Crippen LogP contribution >= 0.6 is 15.9 Å². The topological polar surface area (TPSA) is 102 Å². The Labute approximate surface area is 192 Å². The van der Waals surface area contributed by atoms with Crippen LogP contribution in [0.15, 0.2) is 63.8 Å². The van der Waals surface area contributed by atoms with Gasteiger partial charge in [0.15, 0.2) is 12.4 Å². The van der Waals surface area contributed by atoms with Gasteiger partial charge in [0.05, 0.1) is 23.8 Å². The number of carboxylic acids is 1. The number of halogens is 1. The predicted octanol–water partition coefficient (Wildman–Crippen LogP) is 4.04. The number of benzene rings is 2. The number of aliphatic carboxylic acids is 1. The van der Waals surface area contributed by atoms with Crippen LogP contribution in [0.2, 0.25) is 0 Å². The second-order valence-electron chi connectivity index (χ2n) is 7.35. The molecule has 8 heteroatoms. The molecule has 0 spiro atoms. The smallest absolute Gasteiger partial charge is 0.341 e. The molecule has 0 saturated heterocycles. The molecule has 0 bridgehead atoms. The van der Waals surface area contributed by atoms with Gasteiger partial charge in [0.25, 0.3) is 0 Å². The van der Waals surface area contributed by atoms with Crippen molar-refractivity contribution in [3.63, 3.8) is 0 Å². The molecule has 1 aliphatic heterocycles. The third-order valence-corrected chi connectivity index (χ3v) is 5.87. The van der Waals surface area contributed by atoms with Gasteiger partial charge in [-0.15, -0.1) is 0 Å². The molecule has 164 valence electrons. The van der Waals surface area contributed by atoms with Crippen LogP contribution in [-0.2, 0) is 14.3 Å². The zero-order valence-electron chi connectivity index (χ0n) is 17.4. The minimum Gasteiger partial charge on any atom is -0.482 e. The number of fused-ring (bicyclic) bond motifs is 2. The Morgan fingerprint density at radius 1 is 1.16 bits per heavy atom. The van der Waals surface area contributed by atoms with E-state index in [-0.39, 0.29) is 23.7 Å². The lowest BCUT2D eigenvalue weighted by molar-refractivity contribution is -0.140. The normalized spacial score (nSPS) is 17.0. The number of ketones is 1. The molecule has 4 rings (SSSR count). The van der Waals surface area contributed by atoms with Gasteiger partial charge in [-0.1, -0.05) is 40.2 Å². The molecule has 1 aliphatic carbocycles. The molecule has 32 heavy (non-hydrogen) atoms. The first-order chi connectivity index (χ1) is 15.3. The molecule has 1 unspecified atom stereocenters. The third-order valence-electron chi connectivity index (χ3n) is 5.38. The fourth-order valence-electron chi connectivity index (χ4n) is 4.14. The van der Waals surface area contributed by atoms with Crippen LogP contribution in [-0.4, -0.2) is 36.0 Å². The van der Waals surface area contributed by atoms with Gasteiger partial charge in [0.2, 0.25) is 0 Å². The molecule has 7 nitrogen and oxygen atoms in total. The summed E-state index contributed by atoms with van der Waals surface area (Å²) in [7, 11) is 0. The van der Waals surface area contributed by atoms with E-state index in [1.807, 2.05) is 12.1 Å². The zero-order chi connectivity index (χ0) is 23.0. The van der Waals surface area contributed by atoms with Gasteiger partial charge in [0, 0.05) is 32.4 Å². The molecule has 2 aromatic rings. The molecule has 0 radical (unpaired) electrons. The Morgan fingerprint density at radius 3 is 2.56 bits per heavy atom. The summed E-state index contributed by atoms with van der Waals surface area (Å²) < 4.78 is 11.6. The van der Waals surface area contributed by atoms with E-state index >= 15 is 0 Å². The maximum atomic E-state index is 13.5. The molecular weight excluding hydrogens is 478 g/mol. The molecule has 0 aromatic heterocycles. The van der Waals surface area contributed by atoms with Crippen LogP contribution in [0, 0.1) is 0 Å². The van der Waals surface area contributed by atoms with Gasteiger partial charge in [-0.05, 0) is 32.0 Å². The first-order valence-corrected chi connectivity index (χ1v) is 10.8. The number of dihydropyridines is 1. The average Bonchev–Trinajstić information content (AvgIpc) is 3.04. The van der Waals surface area contributed by atoms with Crippen LogP contribution in [0.5, 0.6) is 5.75 Å². The summed E-state index contributed by atoms with van der Waals surface area (Å²) in [6.07, 6.45) is 0. The van der Waals surface area contributed by atoms with Crippen LogP contribution in [0.1, 0.15) is 41.3 Å². The Kier molecular flexibility index (Phi) is 5.88.